The maximum Gasteiger partial charge on any atom is 0.225 e. The van der Waals surface area contributed by atoms with Crippen LogP contribution in [-0.2, 0) is 9.53 Å². The van der Waals surface area contributed by atoms with E-state index in [2.05, 4.69) is 10.2 Å². The second-order valence-electron chi connectivity index (χ2n) is 4.31. The molecule has 4 heteroatoms. The predicted octanol–water partition coefficient (Wildman–Crippen LogP) is 1.98. The summed E-state index contributed by atoms with van der Waals surface area (Å²) < 4.78 is 4.99. The van der Waals surface area contributed by atoms with E-state index in [4.69, 9.17) is 4.74 Å². The van der Waals surface area contributed by atoms with Crippen LogP contribution >= 0.6 is 0 Å². The second kappa shape index (κ2) is 8.66. The molecule has 0 saturated carbocycles. The monoisotopic (exact) mass is 250 g/mol. The molecule has 0 aromatic heterocycles. The van der Waals surface area contributed by atoms with E-state index in [9.17, 15) is 4.79 Å². The Kier molecular flexibility index (Phi) is 7.06. The first-order valence-electron chi connectivity index (χ1n) is 6.24. The van der Waals surface area contributed by atoms with Crippen LogP contribution in [-0.4, -0.2) is 44.7 Å². The third-order valence-corrected chi connectivity index (χ3v) is 2.67. The highest BCUT2D eigenvalue weighted by Crippen LogP contribution is 2.05. The number of nitrogens with zero attached hydrogens (tertiary/aromatic N) is 1. The molecule has 0 unspecified atom stereocenters. The van der Waals surface area contributed by atoms with Gasteiger partial charge in [0.25, 0.3) is 0 Å². The minimum Gasteiger partial charge on any atom is -0.385 e. The molecule has 1 aromatic carbocycles. The first-order chi connectivity index (χ1) is 8.72. The van der Waals surface area contributed by atoms with Gasteiger partial charge in [-0.05, 0) is 25.6 Å². The van der Waals surface area contributed by atoms with Crippen molar-refractivity contribution in [2.75, 3.05) is 39.2 Å². The number of benzene rings is 1. The molecule has 0 heterocycles. The van der Waals surface area contributed by atoms with E-state index in [1.165, 1.54) is 0 Å². The number of anilines is 1. The van der Waals surface area contributed by atoms with Crippen LogP contribution in [0.15, 0.2) is 30.3 Å². The largest absolute Gasteiger partial charge is 0.385 e. The van der Waals surface area contributed by atoms with E-state index < -0.39 is 0 Å². The molecule has 4 nitrogen and oxygen atoms in total. The Morgan fingerprint density at radius 3 is 2.67 bits per heavy atom. The molecule has 1 N–H and O–H groups in total. The molecule has 1 aromatic rings. The van der Waals surface area contributed by atoms with E-state index >= 15 is 0 Å². The first kappa shape index (κ1) is 14.7. The van der Waals surface area contributed by atoms with E-state index in [-0.39, 0.29) is 5.91 Å². The summed E-state index contributed by atoms with van der Waals surface area (Å²) in [6, 6.07) is 9.53. The fourth-order valence-corrected chi connectivity index (χ4v) is 1.63. The lowest BCUT2D eigenvalue weighted by atomic mass is 10.3. The average molecular weight is 250 g/mol. The minimum atomic E-state index is 0.0554. The molecule has 0 spiro atoms. The lowest BCUT2D eigenvalue weighted by Crippen LogP contribution is -2.25. The molecular formula is C14H22N2O2. The SMILES string of the molecule is COCCCN(C)CCC(=O)Nc1ccccc1. The summed E-state index contributed by atoms with van der Waals surface area (Å²) in [6.07, 6.45) is 1.51. The van der Waals surface area contributed by atoms with Crippen molar-refractivity contribution >= 4 is 11.6 Å². The van der Waals surface area contributed by atoms with E-state index in [1.54, 1.807) is 7.11 Å². The Morgan fingerprint density at radius 2 is 2.00 bits per heavy atom. The Labute approximate surface area is 109 Å². The molecule has 0 fully saturated rings. The summed E-state index contributed by atoms with van der Waals surface area (Å²) in [5, 5.41) is 2.87. The molecule has 0 aliphatic heterocycles. The molecule has 0 radical (unpaired) electrons. The standard InChI is InChI=1S/C14H22N2O2/c1-16(10-6-12-18-2)11-9-14(17)15-13-7-4-3-5-8-13/h3-5,7-8H,6,9-12H2,1-2H3,(H,15,17). The normalized spacial score (nSPS) is 10.6. The number of para-hydroxylation sites is 1. The van der Waals surface area contributed by atoms with Crippen molar-refractivity contribution in [3.63, 3.8) is 0 Å². The van der Waals surface area contributed by atoms with E-state index in [1.807, 2.05) is 37.4 Å². The van der Waals surface area contributed by atoms with Gasteiger partial charge in [-0.3, -0.25) is 4.79 Å². The summed E-state index contributed by atoms with van der Waals surface area (Å²) >= 11 is 0. The molecule has 1 amide bonds. The number of amides is 1. The van der Waals surface area contributed by atoms with E-state index in [0.717, 1.165) is 31.8 Å². The van der Waals surface area contributed by atoms with Crippen LogP contribution in [0, 0.1) is 0 Å². The van der Waals surface area contributed by atoms with Crippen molar-refractivity contribution in [3.05, 3.63) is 30.3 Å². The molecule has 100 valence electrons. The quantitative estimate of drug-likeness (QED) is 0.717. The molecule has 0 aliphatic rings. The zero-order valence-electron chi connectivity index (χ0n) is 11.2. The number of carbonyl (C=O) groups excluding carboxylic acids is 1. The Balaban J connectivity index is 2.17. The summed E-state index contributed by atoms with van der Waals surface area (Å²) in [4.78, 5) is 13.8. The van der Waals surface area contributed by atoms with Crippen LogP contribution < -0.4 is 5.32 Å². The lowest BCUT2D eigenvalue weighted by molar-refractivity contribution is -0.116. The highest BCUT2D eigenvalue weighted by Gasteiger charge is 2.04. The molecular weight excluding hydrogens is 228 g/mol. The van der Waals surface area contributed by atoms with Crippen molar-refractivity contribution in [3.8, 4) is 0 Å². The van der Waals surface area contributed by atoms with Crippen LogP contribution in [0.5, 0.6) is 0 Å². The number of rotatable bonds is 8. The number of nitrogens with one attached hydrogen (secondary N) is 1. The van der Waals surface area contributed by atoms with Gasteiger partial charge in [-0.15, -0.1) is 0 Å². The van der Waals surface area contributed by atoms with Gasteiger partial charge in [0.15, 0.2) is 0 Å². The molecule has 0 saturated heterocycles. The van der Waals surface area contributed by atoms with Gasteiger partial charge in [0, 0.05) is 38.9 Å². The van der Waals surface area contributed by atoms with Crippen LogP contribution in [0.25, 0.3) is 0 Å². The van der Waals surface area contributed by atoms with Gasteiger partial charge >= 0.3 is 0 Å². The Hall–Kier alpha value is -1.39. The van der Waals surface area contributed by atoms with Crippen LogP contribution in [0.3, 0.4) is 0 Å². The minimum absolute atomic E-state index is 0.0554. The summed E-state index contributed by atoms with van der Waals surface area (Å²) in [5.74, 6) is 0.0554. The topological polar surface area (TPSA) is 41.6 Å². The zero-order chi connectivity index (χ0) is 13.2. The van der Waals surface area contributed by atoms with Gasteiger partial charge in [-0.25, -0.2) is 0 Å². The smallest absolute Gasteiger partial charge is 0.225 e. The van der Waals surface area contributed by atoms with Gasteiger partial charge in [0.2, 0.25) is 5.91 Å². The first-order valence-corrected chi connectivity index (χ1v) is 6.24. The predicted molar refractivity (Wildman–Crippen MR) is 73.7 cm³/mol. The lowest BCUT2D eigenvalue weighted by Gasteiger charge is -2.15. The number of carbonyl (C=O) groups is 1. The Morgan fingerprint density at radius 1 is 1.28 bits per heavy atom. The molecule has 1 rings (SSSR count). The van der Waals surface area contributed by atoms with Crippen molar-refractivity contribution in [1.29, 1.82) is 0 Å². The maximum absolute atomic E-state index is 11.7. The van der Waals surface area contributed by atoms with Gasteiger partial charge in [0.05, 0.1) is 0 Å². The number of ether oxygens (including phenoxy) is 1. The third kappa shape index (κ3) is 6.37. The summed E-state index contributed by atoms with van der Waals surface area (Å²) in [7, 11) is 3.72. The van der Waals surface area contributed by atoms with Crippen molar-refractivity contribution in [2.45, 2.75) is 12.8 Å². The summed E-state index contributed by atoms with van der Waals surface area (Å²) in [5.41, 5.74) is 0.851. The fourth-order valence-electron chi connectivity index (χ4n) is 1.63. The number of hydrogen-bond donors (Lipinski definition) is 1. The van der Waals surface area contributed by atoms with Crippen molar-refractivity contribution in [2.24, 2.45) is 0 Å². The van der Waals surface area contributed by atoms with Crippen LogP contribution in [0.1, 0.15) is 12.8 Å². The highest BCUT2D eigenvalue weighted by molar-refractivity contribution is 5.90. The average Bonchev–Trinajstić information content (AvgIpc) is 2.38. The second-order valence-corrected chi connectivity index (χ2v) is 4.31. The summed E-state index contributed by atoms with van der Waals surface area (Å²) in [6.45, 7) is 2.48. The van der Waals surface area contributed by atoms with Gasteiger partial charge in [0.1, 0.15) is 0 Å². The van der Waals surface area contributed by atoms with Gasteiger partial charge in [-0.2, -0.15) is 0 Å². The van der Waals surface area contributed by atoms with Crippen LogP contribution in [0.4, 0.5) is 5.69 Å². The zero-order valence-corrected chi connectivity index (χ0v) is 11.2. The number of hydrogen-bond acceptors (Lipinski definition) is 3. The highest BCUT2D eigenvalue weighted by atomic mass is 16.5. The Bertz CT molecular complexity index is 341. The van der Waals surface area contributed by atoms with Crippen molar-refractivity contribution in [1.82, 2.24) is 4.90 Å². The van der Waals surface area contributed by atoms with Gasteiger partial charge < -0.3 is 15.0 Å². The molecule has 0 bridgehead atoms. The number of methoxy groups -OCH3 is 1. The van der Waals surface area contributed by atoms with Crippen LogP contribution in [0.2, 0.25) is 0 Å². The third-order valence-electron chi connectivity index (χ3n) is 2.67. The molecule has 18 heavy (non-hydrogen) atoms. The van der Waals surface area contributed by atoms with Gasteiger partial charge in [-0.1, -0.05) is 18.2 Å². The molecule has 0 atom stereocenters. The molecule has 0 aliphatic carbocycles. The van der Waals surface area contributed by atoms with E-state index in [0.29, 0.717) is 6.42 Å². The van der Waals surface area contributed by atoms with Crippen molar-refractivity contribution < 1.29 is 9.53 Å². The maximum atomic E-state index is 11.7. The fraction of sp³-hybridized carbons (Fsp3) is 0.500.